The molecule has 8 heteroatoms. The first-order valence-electron chi connectivity index (χ1n) is 11.2. The van der Waals surface area contributed by atoms with Crippen LogP contribution < -0.4 is 10.6 Å². The first-order chi connectivity index (χ1) is 16.1. The van der Waals surface area contributed by atoms with E-state index >= 15 is 0 Å². The molecule has 0 fully saturated rings. The topological polar surface area (TPSA) is 87.7 Å². The van der Waals surface area contributed by atoms with E-state index in [-0.39, 0.29) is 0 Å². The third kappa shape index (κ3) is 9.03. The summed E-state index contributed by atoms with van der Waals surface area (Å²) in [6.45, 7) is 7.63. The van der Waals surface area contributed by atoms with Crippen molar-refractivity contribution in [1.82, 2.24) is 15.5 Å². The van der Waals surface area contributed by atoms with Crippen molar-refractivity contribution in [3.05, 3.63) is 35.4 Å². The van der Waals surface area contributed by atoms with Gasteiger partial charge in [0, 0.05) is 23.7 Å². The van der Waals surface area contributed by atoms with Gasteiger partial charge < -0.3 is 15.4 Å². The lowest BCUT2D eigenvalue weighted by Crippen LogP contribution is -2.51. The third-order valence-corrected chi connectivity index (χ3v) is 5.37. The van der Waals surface area contributed by atoms with Crippen LogP contribution in [0.25, 0.3) is 0 Å². The summed E-state index contributed by atoms with van der Waals surface area (Å²) < 4.78 is 5.32. The number of nitrogens with zero attached hydrogens (tertiary/aromatic N) is 1. The van der Waals surface area contributed by atoms with E-state index in [0.717, 1.165) is 17.7 Å². The van der Waals surface area contributed by atoms with Gasteiger partial charge in [-0.2, -0.15) is 11.8 Å². The summed E-state index contributed by atoms with van der Waals surface area (Å²) >= 11 is 1.52. The largest absolute Gasteiger partial charge is 0.444 e. The van der Waals surface area contributed by atoms with Crippen molar-refractivity contribution >= 4 is 29.7 Å². The standard InChI is InChI=1S/C26H35N3O4S/c1-8-11-17-27-23(30)22(20-15-13-12-14-19(20)9-2)29(10-3)24(31)21(16-18-34-7)28-25(32)33-26(4,5)6/h2-3,12-15,21-22H,8,11,16-18H2,1,4-7H3,(H,27,30)(H,28,32). The van der Waals surface area contributed by atoms with Crippen molar-refractivity contribution in [1.29, 1.82) is 0 Å². The lowest BCUT2D eigenvalue weighted by atomic mass is 9.97. The van der Waals surface area contributed by atoms with Crippen LogP contribution in [0, 0.1) is 24.8 Å². The summed E-state index contributed by atoms with van der Waals surface area (Å²) in [4.78, 5) is 40.3. The predicted octanol–water partition coefficient (Wildman–Crippen LogP) is 3.69. The van der Waals surface area contributed by atoms with Gasteiger partial charge in [-0.3, -0.25) is 14.5 Å². The van der Waals surface area contributed by atoms with Crippen molar-refractivity contribution in [2.24, 2.45) is 0 Å². The fourth-order valence-electron chi connectivity index (χ4n) is 3.13. The van der Waals surface area contributed by atoms with Gasteiger partial charge >= 0.3 is 6.09 Å². The van der Waals surface area contributed by atoms with E-state index in [4.69, 9.17) is 17.6 Å². The van der Waals surface area contributed by atoms with Crippen molar-refractivity contribution in [2.45, 2.75) is 64.6 Å². The molecule has 0 radical (unpaired) electrons. The maximum Gasteiger partial charge on any atom is 0.408 e. The van der Waals surface area contributed by atoms with Gasteiger partial charge in [-0.25, -0.2) is 4.79 Å². The molecule has 0 aliphatic heterocycles. The number of hydrogen-bond donors (Lipinski definition) is 2. The zero-order chi connectivity index (χ0) is 25.7. The number of ether oxygens (including phenoxy) is 1. The maximum absolute atomic E-state index is 13.6. The van der Waals surface area contributed by atoms with E-state index in [1.54, 1.807) is 45.0 Å². The highest BCUT2D eigenvalue weighted by molar-refractivity contribution is 7.98. The summed E-state index contributed by atoms with van der Waals surface area (Å²) in [5.74, 6) is 2.11. The second kappa shape index (κ2) is 14.2. The second-order valence-electron chi connectivity index (χ2n) is 8.60. The highest BCUT2D eigenvalue weighted by Crippen LogP contribution is 2.25. The Labute approximate surface area is 207 Å². The molecule has 34 heavy (non-hydrogen) atoms. The van der Waals surface area contributed by atoms with Crippen LogP contribution in [0.15, 0.2) is 24.3 Å². The van der Waals surface area contributed by atoms with Crippen LogP contribution in [0.3, 0.4) is 0 Å². The summed E-state index contributed by atoms with van der Waals surface area (Å²) in [6, 6.07) is 7.06. The number of rotatable bonds is 11. The number of amides is 3. The zero-order valence-electron chi connectivity index (χ0n) is 20.6. The molecule has 7 nitrogen and oxygen atoms in total. The number of terminal acetylenes is 2. The average molecular weight is 486 g/mol. The number of carbonyl (C=O) groups excluding carboxylic acids is 3. The van der Waals surface area contributed by atoms with Crippen LogP contribution in [0.5, 0.6) is 0 Å². The Morgan fingerprint density at radius 2 is 1.88 bits per heavy atom. The molecule has 1 aromatic carbocycles. The molecule has 0 aliphatic rings. The minimum atomic E-state index is -1.15. The number of thioether (sulfide) groups is 1. The third-order valence-electron chi connectivity index (χ3n) is 4.72. The fourth-order valence-corrected chi connectivity index (χ4v) is 3.60. The van der Waals surface area contributed by atoms with Gasteiger partial charge in [-0.15, -0.1) is 6.42 Å². The number of nitrogens with one attached hydrogen (secondary N) is 2. The van der Waals surface area contributed by atoms with E-state index in [1.807, 2.05) is 13.2 Å². The maximum atomic E-state index is 13.6. The Hall–Kier alpha value is -3.10. The molecule has 1 aromatic rings. The number of benzene rings is 1. The molecule has 0 saturated heterocycles. The van der Waals surface area contributed by atoms with Crippen LogP contribution in [-0.4, -0.2) is 53.0 Å². The summed E-state index contributed by atoms with van der Waals surface area (Å²) in [6.07, 6.45) is 14.6. The van der Waals surface area contributed by atoms with Gasteiger partial charge in [-0.05, 0) is 51.7 Å². The van der Waals surface area contributed by atoms with Crippen LogP contribution in [0.1, 0.15) is 64.1 Å². The van der Waals surface area contributed by atoms with Gasteiger partial charge in [-0.1, -0.05) is 43.9 Å². The average Bonchev–Trinajstić information content (AvgIpc) is 2.78. The molecule has 0 saturated carbocycles. The summed E-state index contributed by atoms with van der Waals surface area (Å²) in [5.41, 5.74) is 0.148. The van der Waals surface area contributed by atoms with Crippen molar-refractivity contribution in [2.75, 3.05) is 18.6 Å². The number of unbranched alkanes of at least 4 members (excludes halogenated alkanes) is 1. The fraction of sp³-hybridized carbons (Fsp3) is 0.500. The summed E-state index contributed by atoms with van der Waals surface area (Å²) in [5, 5.41) is 5.46. The highest BCUT2D eigenvalue weighted by Gasteiger charge is 2.36. The molecule has 0 spiro atoms. The predicted molar refractivity (Wildman–Crippen MR) is 137 cm³/mol. The quantitative estimate of drug-likeness (QED) is 0.284. The molecule has 2 N–H and O–H groups in total. The molecule has 0 aliphatic carbocycles. The van der Waals surface area contributed by atoms with Crippen molar-refractivity contribution < 1.29 is 19.1 Å². The lowest BCUT2D eigenvalue weighted by Gasteiger charge is -2.31. The molecule has 0 heterocycles. The Morgan fingerprint density at radius 3 is 2.44 bits per heavy atom. The van der Waals surface area contributed by atoms with Gasteiger partial charge in [0.25, 0.3) is 5.91 Å². The molecule has 2 atom stereocenters. The normalized spacial score (nSPS) is 12.4. The van der Waals surface area contributed by atoms with Crippen molar-refractivity contribution in [3.63, 3.8) is 0 Å². The molecule has 0 aromatic heterocycles. The van der Waals surface area contributed by atoms with Crippen molar-refractivity contribution in [3.8, 4) is 24.8 Å². The van der Waals surface area contributed by atoms with E-state index < -0.39 is 35.6 Å². The Kier molecular flexibility index (Phi) is 12.1. The highest BCUT2D eigenvalue weighted by atomic mass is 32.2. The van der Waals surface area contributed by atoms with Crippen LogP contribution in [0.4, 0.5) is 4.79 Å². The number of alkyl carbamates (subject to hydrolysis) is 1. The summed E-state index contributed by atoms with van der Waals surface area (Å²) in [7, 11) is 0. The number of carbonyl (C=O) groups is 3. The monoisotopic (exact) mass is 485 g/mol. The Bertz CT molecular complexity index is 927. The minimum absolute atomic E-state index is 0.304. The second-order valence-corrected chi connectivity index (χ2v) is 9.58. The van der Waals surface area contributed by atoms with E-state index in [0.29, 0.717) is 29.8 Å². The first-order valence-corrected chi connectivity index (χ1v) is 12.6. The molecular weight excluding hydrogens is 450 g/mol. The zero-order valence-corrected chi connectivity index (χ0v) is 21.5. The Morgan fingerprint density at radius 1 is 1.21 bits per heavy atom. The molecule has 3 amide bonds. The van der Waals surface area contributed by atoms with Gasteiger partial charge in [0.2, 0.25) is 5.91 Å². The molecular formula is C26H35N3O4S. The lowest BCUT2D eigenvalue weighted by molar-refractivity contribution is -0.138. The van der Waals surface area contributed by atoms with Gasteiger partial charge in [0.05, 0.1) is 0 Å². The van der Waals surface area contributed by atoms with Crippen LogP contribution >= 0.6 is 11.8 Å². The van der Waals surface area contributed by atoms with Crippen LogP contribution in [-0.2, 0) is 14.3 Å². The van der Waals surface area contributed by atoms with E-state index in [1.165, 1.54) is 11.8 Å². The van der Waals surface area contributed by atoms with E-state index in [2.05, 4.69) is 22.6 Å². The Balaban J connectivity index is 3.38. The first kappa shape index (κ1) is 28.9. The minimum Gasteiger partial charge on any atom is -0.444 e. The molecule has 0 bridgehead atoms. The SMILES string of the molecule is C#Cc1ccccc1C(C(=O)NCCCC)N(C#C)C(=O)C(CCSC)NC(=O)OC(C)(C)C. The van der Waals surface area contributed by atoms with Gasteiger partial charge in [0.1, 0.15) is 17.7 Å². The molecule has 184 valence electrons. The molecule has 2 unspecified atom stereocenters. The van der Waals surface area contributed by atoms with Gasteiger partial charge in [0.15, 0.2) is 0 Å². The van der Waals surface area contributed by atoms with Crippen LogP contribution in [0.2, 0.25) is 0 Å². The molecule has 1 rings (SSSR count). The number of hydrogen-bond acceptors (Lipinski definition) is 5. The smallest absolute Gasteiger partial charge is 0.408 e. The van der Waals surface area contributed by atoms with E-state index in [9.17, 15) is 14.4 Å².